The van der Waals surface area contributed by atoms with Crippen LogP contribution in [0.15, 0.2) is 10.8 Å². The Morgan fingerprint density at radius 3 is 2.60 bits per heavy atom. The van der Waals surface area contributed by atoms with Crippen molar-refractivity contribution in [1.82, 2.24) is 0 Å². The summed E-state index contributed by atoms with van der Waals surface area (Å²) in [6, 6.07) is 0. The van der Waals surface area contributed by atoms with Crippen LogP contribution in [0.2, 0.25) is 0 Å². The molecule has 0 aliphatic carbocycles. The van der Waals surface area contributed by atoms with Gasteiger partial charge < -0.3 is 0 Å². The van der Waals surface area contributed by atoms with Gasteiger partial charge in [-0.1, -0.05) is 46.0 Å². The molecule has 1 heteroatoms. The van der Waals surface area contributed by atoms with Crippen molar-refractivity contribution in [3.8, 4) is 0 Å². The molecule has 0 fully saturated rings. The first-order valence-corrected chi connectivity index (χ1v) is 7.20. The molecule has 0 N–H and O–H groups in total. The summed E-state index contributed by atoms with van der Waals surface area (Å²) >= 11 is 1.84. The van der Waals surface area contributed by atoms with Gasteiger partial charge in [0.1, 0.15) is 0 Å². The minimum atomic E-state index is 0.857. The van der Waals surface area contributed by atoms with Crippen molar-refractivity contribution in [3.05, 3.63) is 21.9 Å². The van der Waals surface area contributed by atoms with Gasteiger partial charge in [-0.25, -0.2) is 0 Å². The van der Waals surface area contributed by atoms with Crippen molar-refractivity contribution in [3.63, 3.8) is 0 Å². The van der Waals surface area contributed by atoms with Crippen molar-refractivity contribution < 1.29 is 0 Å². The molecule has 0 radical (unpaired) electrons. The van der Waals surface area contributed by atoms with Crippen molar-refractivity contribution in [2.24, 2.45) is 5.92 Å². The second kappa shape index (κ2) is 7.05. The van der Waals surface area contributed by atoms with Gasteiger partial charge in [0.05, 0.1) is 0 Å². The van der Waals surface area contributed by atoms with Crippen LogP contribution in [-0.2, 0) is 6.42 Å². The third-order valence-electron chi connectivity index (χ3n) is 3.08. The van der Waals surface area contributed by atoms with Crippen LogP contribution in [-0.4, -0.2) is 0 Å². The number of rotatable bonds is 7. The number of hydrogen-bond donors (Lipinski definition) is 0. The molecule has 0 aliphatic heterocycles. The first kappa shape index (κ1) is 12.8. The van der Waals surface area contributed by atoms with E-state index < -0.39 is 0 Å². The number of thiophene rings is 1. The lowest BCUT2D eigenvalue weighted by Gasteiger charge is -2.10. The lowest BCUT2D eigenvalue weighted by atomic mass is 9.95. The van der Waals surface area contributed by atoms with E-state index in [2.05, 4.69) is 31.5 Å². The molecular weight excluding hydrogens is 200 g/mol. The van der Waals surface area contributed by atoms with E-state index in [1.165, 1.54) is 44.1 Å². The highest BCUT2D eigenvalue weighted by molar-refractivity contribution is 7.08. The van der Waals surface area contributed by atoms with Gasteiger partial charge >= 0.3 is 0 Å². The van der Waals surface area contributed by atoms with Crippen LogP contribution in [0.1, 0.15) is 57.1 Å². The van der Waals surface area contributed by atoms with Crippen LogP contribution in [0.3, 0.4) is 0 Å². The summed E-state index contributed by atoms with van der Waals surface area (Å²) in [5, 5.41) is 4.58. The highest BCUT2D eigenvalue weighted by atomic mass is 32.1. The highest BCUT2D eigenvalue weighted by Gasteiger charge is 2.06. The van der Waals surface area contributed by atoms with E-state index in [1.807, 2.05) is 11.3 Å². The molecular formula is C14H24S. The standard InChI is InChI=1S/C14H24S/c1-4-5-6-7-8-12(2)9-14-11-15-10-13(14)3/h10-12H,4-9H2,1-3H3. The van der Waals surface area contributed by atoms with Gasteiger partial charge in [-0.15, -0.1) is 0 Å². The first-order valence-electron chi connectivity index (χ1n) is 6.25. The average Bonchev–Trinajstić information content (AvgIpc) is 2.59. The number of hydrogen-bond acceptors (Lipinski definition) is 1. The summed E-state index contributed by atoms with van der Waals surface area (Å²) in [6.07, 6.45) is 8.26. The topological polar surface area (TPSA) is 0 Å². The molecule has 0 spiro atoms. The molecule has 1 heterocycles. The van der Waals surface area contributed by atoms with Crippen LogP contribution < -0.4 is 0 Å². The van der Waals surface area contributed by atoms with Crippen molar-refractivity contribution in [2.45, 2.75) is 59.3 Å². The van der Waals surface area contributed by atoms with Gasteiger partial charge in [-0.2, -0.15) is 11.3 Å². The third kappa shape index (κ3) is 4.83. The predicted molar refractivity (Wildman–Crippen MR) is 70.7 cm³/mol. The van der Waals surface area contributed by atoms with Crippen LogP contribution in [0.5, 0.6) is 0 Å². The quantitative estimate of drug-likeness (QED) is 0.558. The molecule has 1 aromatic rings. The van der Waals surface area contributed by atoms with E-state index in [0.29, 0.717) is 0 Å². The summed E-state index contributed by atoms with van der Waals surface area (Å²) < 4.78 is 0. The molecule has 0 amide bonds. The maximum atomic E-state index is 2.39. The molecule has 0 saturated carbocycles. The fourth-order valence-electron chi connectivity index (χ4n) is 1.99. The molecule has 0 saturated heterocycles. The minimum absolute atomic E-state index is 0.857. The Morgan fingerprint density at radius 2 is 2.00 bits per heavy atom. The van der Waals surface area contributed by atoms with Gasteiger partial charge in [0.2, 0.25) is 0 Å². The van der Waals surface area contributed by atoms with E-state index in [-0.39, 0.29) is 0 Å². The van der Waals surface area contributed by atoms with Crippen LogP contribution in [0.25, 0.3) is 0 Å². The zero-order valence-electron chi connectivity index (χ0n) is 10.4. The summed E-state index contributed by atoms with van der Waals surface area (Å²) in [5.74, 6) is 0.857. The number of unbranched alkanes of at least 4 members (excludes halogenated alkanes) is 3. The van der Waals surface area contributed by atoms with Crippen molar-refractivity contribution in [2.75, 3.05) is 0 Å². The molecule has 1 aromatic heterocycles. The highest BCUT2D eigenvalue weighted by Crippen LogP contribution is 2.20. The molecule has 1 rings (SSSR count). The third-order valence-corrected chi connectivity index (χ3v) is 3.99. The maximum absolute atomic E-state index is 2.39. The Balaban J connectivity index is 2.18. The predicted octanol–water partition coefficient (Wildman–Crippen LogP) is 5.21. The van der Waals surface area contributed by atoms with E-state index in [0.717, 1.165) is 5.92 Å². The second-order valence-corrected chi connectivity index (χ2v) is 5.48. The van der Waals surface area contributed by atoms with Crippen LogP contribution >= 0.6 is 11.3 Å². The van der Waals surface area contributed by atoms with Gasteiger partial charge in [0, 0.05) is 0 Å². The lowest BCUT2D eigenvalue weighted by molar-refractivity contribution is 0.487. The Hall–Kier alpha value is -0.300. The summed E-state index contributed by atoms with van der Waals surface area (Å²) in [6.45, 7) is 6.90. The molecule has 15 heavy (non-hydrogen) atoms. The molecule has 1 unspecified atom stereocenters. The van der Waals surface area contributed by atoms with Gasteiger partial charge in [0.15, 0.2) is 0 Å². The van der Waals surface area contributed by atoms with E-state index in [4.69, 9.17) is 0 Å². The van der Waals surface area contributed by atoms with E-state index >= 15 is 0 Å². The fraction of sp³-hybridized carbons (Fsp3) is 0.714. The Morgan fingerprint density at radius 1 is 1.20 bits per heavy atom. The molecule has 0 nitrogen and oxygen atoms in total. The van der Waals surface area contributed by atoms with Crippen molar-refractivity contribution >= 4 is 11.3 Å². The minimum Gasteiger partial charge on any atom is -0.152 e. The molecule has 1 atom stereocenters. The SMILES string of the molecule is CCCCCCC(C)Cc1cscc1C. The summed E-state index contributed by atoms with van der Waals surface area (Å²) in [4.78, 5) is 0. The molecule has 0 bridgehead atoms. The second-order valence-electron chi connectivity index (χ2n) is 4.74. The van der Waals surface area contributed by atoms with Crippen molar-refractivity contribution in [1.29, 1.82) is 0 Å². The zero-order valence-corrected chi connectivity index (χ0v) is 11.2. The fourth-order valence-corrected chi connectivity index (χ4v) is 2.86. The normalized spacial score (nSPS) is 13.0. The Labute approximate surface area is 98.7 Å². The summed E-state index contributed by atoms with van der Waals surface area (Å²) in [7, 11) is 0. The van der Waals surface area contributed by atoms with Gasteiger partial charge in [-0.05, 0) is 41.1 Å². The van der Waals surface area contributed by atoms with Gasteiger partial charge in [-0.3, -0.25) is 0 Å². The van der Waals surface area contributed by atoms with E-state index in [9.17, 15) is 0 Å². The largest absolute Gasteiger partial charge is 0.152 e. The summed E-state index contributed by atoms with van der Waals surface area (Å²) in [5.41, 5.74) is 3.06. The Bertz CT molecular complexity index is 262. The van der Waals surface area contributed by atoms with Crippen LogP contribution in [0, 0.1) is 12.8 Å². The zero-order chi connectivity index (χ0) is 11.1. The molecule has 86 valence electrons. The molecule has 0 aliphatic rings. The monoisotopic (exact) mass is 224 g/mol. The lowest BCUT2D eigenvalue weighted by Crippen LogP contribution is -1.99. The smallest absolute Gasteiger partial charge is 0.00584 e. The average molecular weight is 224 g/mol. The Kier molecular flexibility index (Phi) is 6.00. The van der Waals surface area contributed by atoms with Crippen LogP contribution in [0.4, 0.5) is 0 Å². The van der Waals surface area contributed by atoms with Gasteiger partial charge in [0.25, 0.3) is 0 Å². The first-order chi connectivity index (χ1) is 7.24. The maximum Gasteiger partial charge on any atom is -0.00584 e. The number of aryl methyl sites for hydroxylation is 1. The van der Waals surface area contributed by atoms with E-state index in [1.54, 1.807) is 5.56 Å². The molecule has 0 aromatic carbocycles.